The van der Waals surface area contributed by atoms with E-state index in [9.17, 15) is 14.4 Å². The zero-order chi connectivity index (χ0) is 25.4. The van der Waals surface area contributed by atoms with Crippen molar-refractivity contribution in [3.8, 4) is 0 Å². The van der Waals surface area contributed by atoms with Crippen LogP contribution in [0.1, 0.15) is 72.3 Å². The van der Waals surface area contributed by atoms with E-state index in [1.165, 1.54) is 11.3 Å². The summed E-state index contributed by atoms with van der Waals surface area (Å²) in [6.07, 6.45) is 8.73. The number of carbonyl (C=O) groups excluding carboxylic acids is 3. The Bertz CT molecular complexity index is 1060. The number of thiophene rings is 1. The van der Waals surface area contributed by atoms with Gasteiger partial charge in [0.1, 0.15) is 17.1 Å². The zero-order valence-corrected chi connectivity index (χ0v) is 21.0. The van der Waals surface area contributed by atoms with Crippen molar-refractivity contribution in [1.29, 1.82) is 0 Å². The van der Waals surface area contributed by atoms with Gasteiger partial charge in [-0.15, -0.1) is 11.3 Å². The highest BCUT2D eigenvalue weighted by atomic mass is 32.1. The molecule has 1 saturated carbocycles. The van der Waals surface area contributed by atoms with Crippen LogP contribution in [0.3, 0.4) is 0 Å². The average molecular weight is 499 g/mol. The maximum atomic E-state index is 12.7. The van der Waals surface area contributed by atoms with Crippen molar-refractivity contribution in [3.05, 3.63) is 51.9 Å². The Morgan fingerprint density at radius 1 is 1.11 bits per heavy atom. The first kappa shape index (κ1) is 26.4. The van der Waals surface area contributed by atoms with Crippen molar-refractivity contribution in [3.63, 3.8) is 0 Å². The Morgan fingerprint density at radius 2 is 1.80 bits per heavy atom. The minimum Gasteiger partial charge on any atom is -0.461 e. The highest BCUT2D eigenvalue weighted by Crippen LogP contribution is 2.29. The van der Waals surface area contributed by atoms with Crippen LogP contribution >= 0.6 is 11.3 Å². The van der Waals surface area contributed by atoms with Crippen LogP contribution in [0.15, 0.2) is 30.3 Å². The Labute approximate surface area is 210 Å². The van der Waals surface area contributed by atoms with E-state index >= 15 is 0 Å². The number of carbonyl (C=O) groups is 3. The normalized spacial score (nSPS) is 14.9. The standard InChI is InChI=1S/C26H34N4O4S/c1-16(2)13-22(25(32)34-19-5-3-4-6-19)29-15-18-9-7-17(8-10-18)11-12-20-14-21(23(27)31)24(35-20)30-26(28)33/h7-12,14,16,19,22,29H,3-6,13,15H2,1-2H3,(H2,27,31)(H3,28,30,33). The number of hydrogen-bond donors (Lipinski definition) is 4. The first-order valence-corrected chi connectivity index (χ1v) is 12.7. The summed E-state index contributed by atoms with van der Waals surface area (Å²) in [4.78, 5) is 36.2. The van der Waals surface area contributed by atoms with Crippen LogP contribution in [0.25, 0.3) is 12.2 Å². The number of amides is 3. The molecule has 188 valence electrons. The maximum absolute atomic E-state index is 12.7. The minimum atomic E-state index is -0.753. The molecule has 2 aromatic rings. The van der Waals surface area contributed by atoms with Crippen LogP contribution in [0.5, 0.6) is 0 Å². The van der Waals surface area contributed by atoms with E-state index in [2.05, 4.69) is 24.5 Å². The molecular weight excluding hydrogens is 464 g/mol. The van der Waals surface area contributed by atoms with Crippen LogP contribution in [0.2, 0.25) is 0 Å². The van der Waals surface area contributed by atoms with Crippen LogP contribution in [0, 0.1) is 5.92 Å². The number of rotatable bonds is 11. The third kappa shape index (κ3) is 8.22. The van der Waals surface area contributed by atoms with Gasteiger partial charge in [0.2, 0.25) is 0 Å². The number of esters is 1. The molecule has 0 bridgehead atoms. The molecule has 0 saturated heterocycles. The lowest BCUT2D eigenvalue weighted by Gasteiger charge is -2.22. The van der Waals surface area contributed by atoms with Gasteiger partial charge in [0.25, 0.3) is 5.91 Å². The molecule has 3 amide bonds. The molecule has 1 unspecified atom stereocenters. The van der Waals surface area contributed by atoms with Crippen molar-refractivity contribution < 1.29 is 19.1 Å². The lowest BCUT2D eigenvalue weighted by molar-refractivity contribution is -0.151. The van der Waals surface area contributed by atoms with E-state index < -0.39 is 11.9 Å². The second-order valence-corrected chi connectivity index (χ2v) is 10.3. The van der Waals surface area contributed by atoms with Gasteiger partial charge in [-0.25, -0.2) is 4.79 Å². The van der Waals surface area contributed by atoms with E-state index in [0.717, 1.165) is 48.1 Å². The number of nitrogens with two attached hydrogens (primary N) is 2. The number of urea groups is 1. The molecule has 0 radical (unpaired) electrons. The van der Waals surface area contributed by atoms with Gasteiger partial charge < -0.3 is 21.5 Å². The molecule has 1 atom stereocenters. The van der Waals surface area contributed by atoms with E-state index in [1.54, 1.807) is 6.07 Å². The van der Waals surface area contributed by atoms with Crippen molar-refractivity contribution in [1.82, 2.24) is 5.32 Å². The highest BCUT2D eigenvalue weighted by Gasteiger charge is 2.26. The third-order valence-electron chi connectivity index (χ3n) is 5.80. The summed E-state index contributed by atoms with van der Waals surface area (Å²) in [5.41, 5.74) is 12.8. The second-order valence-electron chi connectivity index (χ2n) is 9.23. The topological polar surface area (TPSA) is 137 Å². The van der Waals surface area contributed by atoms with Gasteiger partial charge in [0.05, 0.1) is 5.56 Å². The molecule has 1 fully saturated rings. The van der Waals surface area contributed by atoms with Crippen LogP contribution in [-0.4, -0.2) is 30.1 Å². The fourth-order valence-electron chi connectivity index (χ4n) is 4.03. The molecule has 6 N–H and O–H groups in total. The molecular formula is C26H34N4O4S. The summed E-state index contributed by atoms with van der Waals surface area (Å²) in [5, 5.41) is 6.13. The smallest absolute Gasteiger partial charge is 0.323 e. The largest absolute Gasteiger partial charge is 0.461 e. The Balaban J connectivity index is 1.59. The Hall–Kier alpha value is -3.17. The molecule has 9 heteroatoms. The van der Waals surface area contributed by atoms with Gasteiger partial charge >= 0.3 is 12.0 Å². The molecule has 0 spiro atoms. The SMILES string of the molecule is CC(C)CC(NCc1ccc(C=Cc2cc(C(N)=O)c(NC(N)=O)s2)cc1)C(=O)OC1CCCC1. The molecule has 0 aliphatic heterocycles. The highest BCUT2D eigenvalue weighted by molar-refractivity contribution is 7.17. The first-order chi connectivity index (χ1) is 16.7. The monoisotopic (exact) mass is 498 g/mol. The summed E-state index contributed by atoms with van der Waals surface area (Å²) in [5.74, 6) is -0.409. The zero-order valence-electron chi connectivity index (χ0n) is 20.2. The van der Waals surface area contributed by atoms with Gasteiger partial charge in [-0.1, -0.05) is 44.2 Å². The van der Waals surface area contributed by atoms with Crippen molar-refractivity contribution in [2.45, 2.75) is 64.6 Å². The first-order valence-electron chi connectivity index (χ1n) is 11.9. The molecule has 1 aliphatic rings. The lowest BCUT2D eigenvalue weighted by atomic mass is 10.0. The van der Waals surface area contributed by atoms with Crippen LogP contribution in [-0.2, 0) is 16.1 Å². The summed E-state index contributed by atoms with van der Waals surface area (Å²) < 4.78 is 5.73. The number of primary amides is 2. The summed E-state index contributed by atoms with van der Waals surface area (Å²) in [6.45, 7) is 4.77. The van der Waals surface area contributed by atoms with Gasteiger partial charge in [0, 0.05) is 11.4 Å². The second kappa shape index (κ2) is 12.5. The van der Waals surface area contributed by atoms with Gasteiger partial charge in [-0.3, -0.25) is 14.9 Å². The number of benzene rings is 1. The number of anilines is 1. The van der Waals surface area contributed by atoms with Gasteiger partial charge in [-0.2, -0.15) is 0 Å². The Kier molecular flexibility index (Phi) is 9.45. The average Bonchev–Trinajstić information content (AvgIpc) is 3.45. The number of ether oxygens (including phenoxy) is 1. The number of nitrogens with one attached hydrogen (secondary N) is 2. The molecule has 3 rings (SSSR count). The molecule has 1 aromatic carbocycles. The molecule has 1 aromatic heterocycles. The van der Waals surface area contributed by atoms with E-state index in [-0.39, 0.29) is 23.7 Å². The van der Waals surface area contributed by atoms with E-state index in [0.29, 0.717) is 17.5 Å². The van der Waals surface area contributed by atoms with Crippen molar-refractivity contribution in [2.24, 2.45) is 17.4 Å². The van der Waals surface area contributed by atoms with Gasteiger partial charge in [-0.05, 0) is 61.3 Å². The molecule has 1 aliphatic carbocycles. The molecule has 35 heavy (non-hydrogen) atoms. The van der Waals surface area contributed by atoms with E-state index in [4.69, 9.17) is 16.2 Å². The van der Waals surface area contributed by atoms with Gasteiger partial charge in [0.15, 0.2) is 0 Å². The minimum absolute atomic E-state index is 0.0649. The van der Waals surface area contributed by atoms with Crippen LogP contribution < -0.4 is 22.1 Å². The summed E-state index contributed by atoms with van der Waals surface area (Å²) in [7, 11) is 0. The van der Waals surface area contributed by atoms with Crippen LogP contribution in [0.4, 0.5) is 9.80 Å². The molecule has 8 nitrogen and oxygen atoms in total. The quantitative estimate of drug-likeness (QED) is 0.338. The number of hydrogen-bond acceptors (Lipinski definition) is 6. The summed E-state index contributed by atoms with van der Waals surface area (Å²) in [6, 6.07) is 8.51. The molecule has 1 heterocycles. The maximum Gasteiger partial charge on any atom is 0.323 e. The fourth-order valence-corrected chi connectivity index (χ4v) is 5.00. The third-order valence-corrected chi connectivity index (χ3v) is 6.82. The van der Waals surface area contributed by atoms with Crippen molar-refractivity contribution in [2.75, 3.05) is 5.32 Å². The van der Waals surface area contributed by atoms with E-state index in [1.807, 2.05) is 36.4 Å². The predicted octanol–water partition coefficient (Wildman–Crippen LogP) is 4.50. The lowest BCUT2D eigenvalue weighted by Crippen LogP contribution is -2.40. The summed E-state index contributed by atoms with van der Waals surface area (Å²) >= 11 is 1.22. The Morgan fingerprint density at radius 3 is 2.40 bits per heavy atom. The van der Waals surface area contributed by atoms with Crippen molar-refractivity contribution >= 4 is 46.4 Å². The predicted molar refractivity (Wildman–Crippen MR) is 140 cm³/mol. The fraction of sp³-hybridized carbons (Fsp3) is 0.423.